The topological polar surface area (TPSA) is 91.1 Å². The van der Waals surface area contributed by atoms with Gasteiger partial charge in [0.25, 0.3) is 0 Å². The van der Waals surface area contributed by atoms with Crippen molar-refractivity contribution in [3.8, 4) is 6.07 Å². The van der Waals surface area contributed by atoms with Crippen molar-refractivity contribution >= 4 is 5.95 Å². The molecule has 2 heterocycles. The van der Waals surface area contributed by atoms with Crippen molar-refractivity contribution in [2.24, 2.45) is 0 Å². The molecular weight excluding hydrogens is 220 g/mol. The lowest BCUT2D eigenvalue weighted by Gasteiger charge is -2.20. The lowest BCUT2D eigenvalue weighted by Crippen LogP contribution is -2.37. The number of ether oxygens (including phenoxy) is 1. The van der Waals surface area contributed by atoms with Gasteiger partial charge in [0.2, 0.25) is 5.95 Å². The first-order chi connectivity index (χ1) is 8.11. The first kappa shape index (κ1) is 11.8. The molecule has 0 spiro atoms. The maximum absolute atomic E-state index is 10.0. The van der Waals surface area contributed by atoms with E-state index in [1.165, 1.54) is 0 Å². The average Bonchev–Trinajstić information content (AvgIpc) is 2.73. The molecule has 2 rings (SSSR count). The fraction of sp³-hybridized carbons (Fsp3) is 0.545. The molecule has 0 aliphatic carbocycles. The quantitative estimate of drug-likeness (QED) is 0.777. The second kappa shape index (κ2) is 4.65. The molecule has 0 saturated carbocycles. The normalized spacial score (nSPS) is 23.4. The average molecular weight is 234 g/mol. The summed E-state index contributed by atoms with van der Waals surface area (Å²) in [5, 5.41) is 21.8. The molecule has 6 nitrogen and oxygen atoms in total. The zero-order valence-electron chi connectivity index (χ0n) is 9.60. The summed E-state index contributed by atoms with van der Waals surface area (Å²) in [4.78, 5) is 8.16. The van der Waals surface area contributed by atoms with Gasteiger partial charge in [-0.25, -0.2) is 9.97 Å². The first-order valence-corrected chi connectivity index (χ1v) is 5.41. The number of nitriles is 1. The van der Waals surface area contributed by atoms with Gasteiger partial charge >= 0.3 is 0 Å². The van der Waals surface area contributed by atoms with E-state index in [0.717, 1.165) is 0 Å². The highest BCUT2D eigenvalue weighted by Gasteiger charge is 2.32. The molecule has 1 aromatic rings. The number of hydrogen-bond acceptors (Lipinski definition) is 6. The van der Waals surface area contributed by atoms with E-state index in [-0.39, 0.29) is 0 Å². The highest BCUT2D eigenvalue weighted by Crippen LogP contribution is 2.18. The zero-order chi connectivity index (χ0) is 12.3. The minimum atomic E-state index is -0.861. The molecule has 1 aliphatic heterocycles. The zero-order valence-corrected chi connectivity index (χ0v) is 9.60. The number of hydrogen-bond donors (Lipinski definition) is 2. The van der Waals surface area contributed by atoms with Crippen LogP contribution in [0.1, 0.15) is 17.8 Å². The van der Waals surface area contributed by atoms with Crippen LogP contribution in [0.4, 0.5) is 5.95 Å². The van der Waals surface area contributed by atoms with Crippen LogP contribution in [0, 0.1) is 18.3 Å². The maximum atomic E-state index is 10.0. The smallest absolute Gasteiger partial charge is 0.224 e. The van der Waals surface area contributed by atoms with Crippen molar-refractivity contribution in [1.82, 2.24) is 9.97 Å². The van der Waals surface area contributed by atoms with Crippen molar-refractivity contribution in [2.45, 2.75) is 18.9 Å². The van der Waals surface area contributed by atoms with Gasteiger partial charge in [-0.05, 0) is 13.0 Å². The number of nitrogens with one attached hydrogen (secondary N) is 1. The predicted molar refractivity (Wildman–Crippen MR) is 60.4 cm³/mol. The van der Waals surface area contributed by atoms with Gasteiger partial charge in [0.05, 0.1) is 6.61 Å². The van der Waals surface area contributed by atoms with E-state index in [1.54, 1.807) is 13.0 Å². The van der Waals surface area contributed by atoms with Crippen molar-refractivity contribution in [1.29, 1.82) is 5.26 Å². The first-order valence-electron chi connectivity index (χ1n) is 5.41. The molecule has 90 valence electrons. The SMILES string of the molecule is Cc1cc(C#N)nc(NCC2(O)CCOC2)n1. The molecule has 1 aromatic heterocycles. The van der Waals surface area contributed by atoms with Crippen molar-refractivity contribution < 1.29 is 9.84 Å². The van der Waals surface area contributed by atoms with Gasteiger partial charge in [-0.3, -0.25) is 0 Å². The van der Waals surface area contributed by atoms with Gasteiger partial charge in [-0.15, -0.1) is 0 Å². The maximum Gasteiger partial charge on any atom is 0.224 e. The van der Waals surface area contributed by atoms with Gasteiger partial charge in [-0.2, -0.15) is 5.26 Å². The number of aliphatic hydroxyl groups is 1. The van der Waals surface area contributed by atoms with Crippen LogP contribution in [0.3, 0.4) is 0 Å². The van der Waals surface area contributed by atoms with Gasteiger partial charge in [0.1, 0.15) is 17.4 Å². The summed E-state index contributed by atoms with van der Waals surface area (Å²) in [6.45, 7) is 3.00. The molecule has 1 atom stereocenters. The number of nitrogens with zero attached hydrogens (tertiary/aromatic N) is 3. The minimum absolute atomic E-state index is 0.315. The third-order valence-electron chi connectivity index (χ3n) is 2.63. The number of rotatable bonds is 3. The van der Waals surface area contributed by atoms with Gasteiger partial charge < -0.3 is 15.2 Å². The second-order valence-corrected chi connectivity index (χ2v) is 4.21. The van der Waals surface area contributed by atoms with E-state index in [9.17, 15) is 5.11 Å². The Morgan fingerprint density at radius 2 is 2.47 bits per heavy atom. The highest BCUT2D eigenvalue weighted by atomic mass is 16.5. The van der Waals surface area contributed by atoms with E-state index in [4.69, 9.17) is 10.00 Å². The van der Waals surface area contributed by atoms with E-state index in [0.29, 0.717) is 43.5 Å². The van der Waals surface area contributed by atoms with Crippen LogP contribution < -0.4 is 5.32 Å². The summed E-state index contributed by atoms with van der Waals surface area (Å²) in [7, 11) is 0. The molecule has 0 amide bonds. The van der Waals surface area contributed by atoms with Crippen LogP contribution in [0.2, 0.25) is 0 Å². The summed E-state index contributed by atoms with van der Waals surface area (Å²) in [6, 6.07) is 3.58. The van der Waals surface area contributed by atoms with Crippen molar-refractivity contribution in [2.75, 3.05) is 25.1 Å². The summed E-state index contributed by atoms with van der Waals surface area (Å²) < 4.78 is 5.13. The molecule has 0 radical (unpaired) electrons. The molecule has 1 unspecified atom stereocenters. The molecule has 1 aliphatic rings. The van der Waals surface area contributed by atoms with Gasteiger partial charge in [-0.1, -0.05) is 0 Å². The van der Waals surface area contributed by atoms with Crippen LogP contribution in [0.15, 0.2) is 6.07 Å². The van der Waals surface area contributed by atoms with Crippen LogP contribution in [0.25, 0.3) is 0 Å². The Labute approximate surface area is 99.3 Å². The Kier molecular flexibility index (Phi) is 3.22. The van der Waals surface area contributed by atoms with Crippen molar-refractivity contribution in [3.63, 3.8) is 0 Å². The summed E-state index contributed by atoms with van der Waals surface area (Å²) in [5.74, 6) is 0.363. The Bertz CT molecular complexity index is 449. The largest absolute Gasteiger partial charge is 0.386 e. The molecule has 2 N–H and O–H groups in total. The number of aromatic nitrogens is 2. The van der Waals surface area contributed by atoms with Crippen molar-refractivity contribution in [3.05, 3.63) is 17.5 Å². The Balaban J connectivity index is 2.04. The van der Waals surface area contributed by atoms with E-state index in [2.05, 4.69) is 15.3 Å². The van der Waals surface area contributed by atoms with Crippen LogP contribution in [0.5, 0.6) is 0 Å². The summed E-state index contributed by atoms with van der Waals surface area (Å²) >= 11 is 0. The minimum Gasteiger partial charge on any atom is -0.386 e. The molecule has 0 bridgehead atoms. The Morgan fingerprint density at radius 1 is 1.65 bits per heavy atom. The lowest BCUT2D eigenvalue weighted by molar-refractivity contribution is 0.0380. The van der Waals surface area contributed by atoms with Gasteiger partial charge in [0, 0.05) is 25.3 Å². The Hall–Kier alpha value is -1.71. The van der Waals surface area contributed by atoms with Crippen LogP contribution in [-0.2, 0) is 4.74 Å². The molecule has 1 fully saturated rings. The van der Waals surface area contributed by atoms with Crippen LogP contribution in [-0.4, -0.2) is 40.4 Å². The molecule has 1 saturated heterocycles. The summed E-state index contributed by atoms with van der Waals surface area (Å²) in [6.07, 6.45) is 0.594. The van der Waals surface area contributed by atoms with Gasteiger partial charge in [0.15, 0.2) is 0 Å². The standard InChI is InChI=1S/C11H14N4O2/c1-8-4-9(5-12)15-10(14-8)13-6-11(16)2-3-17-7-11/h4,16H,2-3,6-7H2,1H3,(H,13,14,15). The van der Waals surface area contributed by atoms with E-state index >= 15 is 0 Å². The number of anilines is 1. The molecule has 6 heteroatoms. The second-order valence-electron chi connectivity index (χ2n) is 4.21. The van der Waals surface area contributed by atoms with Crippen LogP contribution >= 0.6 is 0 Å². The third kappa shape index (κ3) is 2.90. The fourth-order valence-corrected chi connectivity index (χ4v) is 1.68. The number of aryl methyl sites for hydroxylation is 1. The molecular formula is C11H14N4O2. The highest BCUT2D eigenvalue weighted by molar-refractivity contribution is 5.33. The lowest BCUT2D eigenvalue weighted by atomic mass is 10.0. The summed E-state index contributed by atoms with van der Waals surface area (Å²) in [5.41, 5.74) is 0.170. The van der Waals surface area contributed by atoms with E-state index in [1.807, 2.05) is 6.07 Å². The Morgan fingerprint density at radius 3 is 3.12 bits per heavy atom. The molecule has 17 heavy (non-hydrogen) atoms. The van der Waals surface area contributed by atoms with E-state index < -0.39 is 5.60 Å². The monoisotopic (exact) mass is 234 g/mol. The third-order valence-corrected chi connectivity index (χ3v) is 2.63. The fourth-order valence-electron chi connectivity index (χ4n) is 1.68. The predicted octanol–water partition coefficient (Wildman–Crippen LogP) is 0.220. The molecule has 0 aromatic carbocycles.